The first-order chi connectivity index (χ1) is 7.48. The van der Waals surface area contributed by atoms with Crippen molar-refractivity contribution in [2.75, 3.05) is 13.6 Å². The predicted octanol–water partition coefficient (Wildman–Crippen LogP) is 4.00. The Morgan fingerprint density at radius 3 is 2.62 bits per heavy atom. The fraction of sp³-hybridized carbons (Fsp3) is 0.867. The second-order valence-corrected chi connectivity index (χ2v) is 6.29. The first-order valence-electron chi connectivity index (χ1n) is 6.79. The van der Waals surface area contributed by atoms with Crippen LogP contribution in [0.15, 0.2) is 12.2 Å². The number of hydrogen-bond acceptors (Lipinski definition) is 1. The van der Waals surface area contributed by atoms with E-state index >= 15 is 0 Å². The van der Waals surface area contributed by atoms with Crippen LogP contribution in [-0.2, 0) is 0 Å². The topological polar surface area (TPSA) is 12.0 Å². The van der Waals surface area contributed by atoms with Crippen LogP contribution in [0.3, 0.4) is 0 Å². The number of rotatable bonds is 5. The van der Waals surface area contributed by atoms with E-state index in [1.807, 2.05) is 0 Å². The van der Waals surface area contributed by atoms with Crippen molar-refractivity contribution >= 4 is 0 Å². The molecule has 0 amide bonds. The molecular weight excluding hydrogens is 194 g/mol. The van der Waals surface area contributed by atoms with Gasteiger partial charge in [-0.15, -0.1) is 0 Å². The first-order valence-corrected chi connectivity index (χ1v) is 6.79. The maximum absolute atomic E-state index is 4.19. The van der Waals surface area contributed by atoms with Crippen LogP contribution in [0.2, 0.25) is 0 Å². The summed E-state index contributed by atoms with van der Waals surface area (Å²) in [5.41, 5.74) is 1.98. The molecule has 0 aromatic heterocycles. The Balaban J connectivity index is 2.60. The minimum absolute atomic E-state index is 0.545. The van der Waals surface area contributed by atoms with E-state index in [0.29, 0.717) is 5.41 Å². The van der Waals surface area contributed by atoms with Gasteiger partial charge in [0.25, 0.3) is 0 Å². The van der Waals surface area contributed by atoms with Crippen molar-refractivity contribution in [2.45, 2.75) is 52.9 Å². The lowest BCUT2D eigenvalue weighted by molar-refractivity contribution is 0.117. The highest BCUT2D eigenvalue weighted by Gasteiger charge is 2.34. The standard InChI is InChI=1S/C15H29N/c1-6-12(2)9-14-10-15(3,4)8-7-13(14)11-16-5/h13-14,16H,2,6-11H2,1,3-5H3. The molecule has 0 bridgehead atoms. The minimum Gasteiger partial charge on any atom is -0.319 e. The Morgan fingerprint density at radius 2 is 2.06 bits per heavy atom. The van der Waals surface area contributed by atoms with Crippen LogP contribution in [0.25, 0.3) is 0 Å². The van der Waals surface area contributed by atoms with E-state index in [9.17, 15) is 0 Å². The third kappa shape index (κ3) is 3.93. The molecule has 16 heavy (non-hydrogen) atoms. The number of nitrogens with one attached hydrogen (secondary N) is 1. The van der Waals surface area contributed by atoms with Crippen LogP contribution < -0.4 is 5.32 Å². The quantitative estimate of drug-likeness (QED) is 0.695. The Hall–Kier alpha value is -0.300. The molecule has 0 spiro atoms. The molecule has 1 heteroatoms. The average molecular weight is 223 g/mol. The van der Waals surface area contributed by atoms with Crippen molar-refractivity contribution in [3.63, 3.8) is 0 Å². The average Bonchev–Trinajstić information content (AvgIpc) is 2.21. The molecule has 1 saturated carbocycles. The van der Waals surface area contributed by atoms with Crippen molar-refractivity contribution in [3.05, 3.63) is 12.2 Å². The largest absolute Gasteiger partial charge is 0.319 e. The number of hydrogen-bond donors (Lipinski definition) is 1. The SMILES string of the molecule is C=C(CC)CC1CC(C)(C)CCC1CNC. The number of allylic oxidation sites excluding steroid dienone is 1. The van der Waals surface area contributed by atoms with Crippen LogP contribution in [-0.4, -0.2) is 13.6 Å². The van der Waals surface area contributed by atoms with Crippen LogP contribution in [0.5, 0.6) is 0 Å². The van der Waals surface area contributed by atoms with Gasteiger partial charge in [0.1, 0.15) is 0 Å². The van der Waals surface area contributed by atoms with Crippen LogP contribution in [0, 0.1) is 17.3 Å². The summed E-state index contributed by atoms with van der Waals surface area (Å²) >= 11 is 0. The fourth-order valence-corrected chi connectivity index (χ4v) is 3.08. The lowest BCUT2D eigenvalue weighted by atomic mass is 9.65. The molecule has 1 aliphatic rings. The maximum Gasteiger partial charge on any atom is -0.00208 e. The van der Waals surface area contributed by atoms with E-state index in [-0.39, 0.29) is 0 Å². The summed E-state index contributed by atoms with van der Waals surface area (Å²) in [6.07, 6.45) is 6.53. The van der Waals surface area contributed by atoms with Gasteiger partial charge >= 0.3 is 0 Å². The third-order valence-electron chi connectivity index (χ3n) is 4.19. The van der Waals surface area contributed by atoms with E-state index in [1.165, 1.54) is 37.8 Å². The molecule has 1 N–H and O–H groups in total. The molecule has 2 atom stereocenters. The Morgan fingerprint density at radius 1 is 1.38 bits per heavy atom. The summed E-state index contributed by atoms with van der Waals surface area (Å²) in [5.74, 6) is 1.71. The van der Waals surface area contributed by atoms with E-state index in [1.54, 1.807) is 0 Å². The minimum atomic E-state index is 0.545. The lowest BCUT2D eigenvalue weighted by Crippen LogP contribution is -2.35. The van der Waals surface area contributed by atoms with Gasteiger partial charge in [0.05, 0.1) is 0 Å². The van der Waals surface area contributed by atoms with Crippen LogP contribution in [0.1, 0.15) is 52.9 Å². The molecule has 0 aliphatic heterocycles. The van der Waals surface area contributed by atoms with Crippen LogP contribution >= 0.6 is 0 Å². The smallest absolute Gasteiger partial charge is 0.00208 e. The normalized spacial score (nSPS) is 29.0. The summed E-state index contributed by atoms with van der Waals surface area (Å²) in [6.45, 7) is 12.4. The predicted molar refractivity (Wildman–Crippen MR) is 72.6 cm³/mol. The van der Waals surface area contributed by atoms with Gasteiger partial charge in [-0.25, -0.2) is 0 Å². The molecule has 2 unspecified atom stereocenters. The molecule has 1 rings (SSSR count). The van der Waals surface area contributed by atoms with Gasteiger partial charge in [0, 0.05) is 0 Å². The molecule has 1 fully saturated rings. The van der Waals surface area contributed by atoms with E-state index < -0.39 is 0 Å². The second kappa shape index (κ2) is 5.86. The fourth-order valence-electron chi connectivity index (χ4n) is 3.08. The molecule has 0 aromatic rings. The van der Waals surface area contributed by atoms with Gasteiger partial charge in [-0.05, 0) is 62.9 Å². The highest BCUT2D eigenvalue weighted by molar-refractivity contribution is 4.98. The summed E-state index contributed by atoms with van der Waals surface area (Å²) in [6, 6.07) is 0. The highest BCUT2D eigenvalue weighted by atomic mass is 14.8. The lowest BCUT2D eigenvalue weighted by Gasteiger charge is -2.41. The molecule has 0 aromatic carbocycles. The summed E-state index contributed by atoms with van der Waals surface area (Å²) in [5, 5.41) is 3.36. The van der Waals surface area contributed by atoms with Gasteiger partial charge < -0.3 is 5.32 Å². The van der Waals surface area contributed by atoms with Gasteiger partial charge in [0.2, 0.25) is 0 Å². The molecule has 1 aliphatic carbocycles. The maximum atomic E-state index is 4.19. The van der Waals surface area contributed by atoms with Crippen molar-refractivity contribution in [2.24, 2.45) is 17.3 Å². The van der Waals surface area contributed by atoms with Crippen LogP contribution in [0.4, 0.5) is 0 Å². The molecule has 1 nitrogen and oxygen atoms in total. The summed E-state index contributed by atoms with van der Waals surface area (Å²) in [4.78, 5) is 0. The summed E-state index contributed by atoms with van der Waals surface area (Å²) < 4.78 is 0. The van der Waals surface area contributed by atoms with E-state index in [0.717, 1.165) is 18.3 Å². The Bertz CT molecular complexity index is 230. The van der Waals surface area contributed by atoms with Gasteiger partial charge in [0.15, 0.2) is 0 Å². The summed E-state index contributed by atoms with van der Waals surface area (Å²) in [7, 11) is 2.07. The molecule has 0 heterocycles. The van der Waals surface area contributed by atoms with Crippen molar-refractivity contribution in [1.29, 1.82) is 0 Å². The molecule has 94 valence electrons. The van der Waals surface area contributed by atoms with E-state index in [2.05, 4.69) is 39.7 Å². The zero-order valence-electron chi connectivity index (χ0n) is 11.6. The van der Waals surface area contributed by atoms with Gasteiger partial charge in [-0.3, -0.25) is 0 Å². The highest BCUT2D eigenvalue weighted by Crippen LogP contribution is 2.44. The third-order valence-corrected chi connectivity index (χ3v) is 4.19. The monoisotopic (exact) mass is 223 g/mol. The van der Waals surface area contributed by atoms with E-state index in [4.69, 9.17) is 0 Å². The van der Waals surface area contributed by atoms with Crippen molar-refractivity contribution in [1.82, 2.24) is 5.32 Å². The zero-order valence-corrected chi connectivity index (χ0v) is 11.6. The van der Waals surface area contributed by atoms with Gasteiger partial charge in [-0.1, -0.05) is 32.9 Å². The molecule has 0 radical (unpaired) electrons. The second-order valence-electron chi connectivity index (χ2n) is 6.29. The first kappa shape index (κ1) is 13.8. The Kier molecular flexibility index (Phi) is 5.04. The molecular formula is C15H29N. The van der Waals surface area contributed by atoms with Crippen molar-refractivity contribution < 1.29 is 0 Å². The van der Waals surface area contributed by atoms with Crippen molar-refractivity contribution in [3.8, 4) is 0 Å². The Labute approximate surface area is 102 Å². The zero-order chi connectivity index (χ0) is 12.2. The van der Waals surface area contributed by atoms with Gasteiger partial charge in [-0.2, -0.15) is 0 Å². The molecule has 0 saturated heterocycles.